The molecule has 1 aliphatic rings. The summed E-state index contributed by atoms with van der Waals surface area (Å²) in [5.41, 5.74) is 0.946. The van der Waals surface area contributed by atoms with E-state index in [1.54, 1.807) is 0 Å². The van der Waals surface area contributed by atoms with Gasteiger partial charge in [-0.2, -0.15) is 13.2 Å². The van der Waals surface area contributed by atoms with Gasteiger partial charge in [0.15, 0.2) is 0 Å². The van der Waals surface area contributed by atoms with Crippen molar-refractivity contribution in [3.8, 4) is 0 Å². The van der Waals surface area contributed by atoms with E-state index < -0.39 is 12.8 Å². The van der Waals surface area contributed by atoms with Crippen LogP contribution in [0.2, 0.25) is 0 Å². The first-order valence-corrected chi connectivity index (χ1v) is 5.88. The fourth-order valence-corrected chi connectivity index (χ4v) is 2.17. The molecule has 1 aromatic rings. The molecule has 1 saturated heterocycles. The number of ether oxygens (including phenoxy) is 1. The van der Waals surface area contributed by atoms with E-state index in [1.165, 1.54) is 0 Å². The van der Waals surface area contributed by atoms with Gasteiger partial charge in [0, 0.05) is 18.5 Å². The zero-order valence-electron chi connectivity index (χ0n) is 9.96. The molecule has 1 N–H and O–H groups in total. The van der Waals surface area contributed by atoms with Gasteiger partial charge >= 0.3 is 6.18 Å². The molecular formula is C13H16F3NO. The summed E-state index contributed by atoms with van der Waals surface area (Å²) in [5.74, 6) is 0. The quantitative estimate of drug-likeness (QED) is 0.876. The van der Waals surface area contributed by atoms with Gasteiger partial charge in [-0.15, -0.1) is 0 Å². The maximum absolute atomic E-state index is 12.0. The van der Waals surface area contributed by atoms with Crippen molar-refractivity contribution >= 4 is 0 Å². The van der Waals surface area contributed by atoms with E-state index in [1.807, 2.05) is 30.3 Å². The van der Waals surface area contributed by atoms with Crippen molar-refractivity contribution in [2.45, 2.75) is 12.6 Å². The predicted octanol–water partition coefficient (Wildman–Crippen LogP) is 2.40. The Morgan fingerprint density at radius 2 is 1.83 bits per heavy atom. The molecule has 1 aromatic carbocycles. The Morgan fingerprint density at radius 1 is 1.17 bits per heavy atom. The van der Waals surface area contributed by atoms with Crippen molar-refractivity contribution in [2.24, 2.45) is 5.41 Å². The molecular weight excluding hydrogens is 243 g/mol. The van der Waals surface area contributed by atoms with Gasteiger partial charge in [0.1, 0.15) is 6.61 Å². The van der Waals surface area contributed by atoms with E-state index in [2.05, 4.69) is 5.32 Å². The van der Waals surface area contributed by atoms with E-state index >= 15 is 0 Å². The third-order valence-electron chi connectivity index (χ3n) is 3.10. The van der Waals surface area contributed by atoms with Crippen LogP contribution in [0.5, 0.6) is 0 Å². The Balaban J connectivity index is 1.87. The topological polar surface area (TPSA) is 21.3 Å². The number of nitrogens with one attached hydrogen (secondary N) is 1. The van der Waals surface area contributed by atoms with Crippen LogP contribution in [0.4, 0.5) is 13.2 Å². The van der Waals surface area contributed by atoms with E-state index in [-0.39, 0.29) is 12.0 Å². The fraction of sp³-hybridized carbons (Fsp3) is 0.538. The molecule has 0 aromatic heterocycles. The summed E-state index contributed by atoms with van der Waals surface area (Å²) in [6.07, 6.45) is -3.50. The lowest BCUT2D eigenvalue weighted by Gasteiger charge is -2.42. The second kappa shape index (κ2) is 5.28. The van der Waals surface area contributed by atoms with E-state index in [0.717, 1.165) is 12.0 Å². The normalized spacial score (nSPS) is 18.4. The van der Waals surface area contributed by atoms with Crippen LogP contribution < -0.4 is 5.32 Å². The van der Waals surface area contributed by atoms with Gasteiger partial charge in [-0.3, -0.25) is 0 Å². The molecule has 18 heavy (non-hydrogen) atoms. The van der Waals surface area contributed by atoms with Crippen LogP contribution in [0.25, 0.3) is 0 Å². The maximum atomic E-state index is 12.0. The minimum absolute atomic E-state index is 0.147. The molecule has 1 aliphatic heterocycles. The van der Waals surface area contributed by atoms with Gasteiger partial charge in [0.25, 0.3) is 0 Å². The number of rotatable bonds is 5. The molecule has 1 heterocycles. The lowest BCUT2D eigenvalue weighted by atomic mass is 9.77. The van der Waals surface area contributed by atoms with Crippen LogP contribution in [0, 0.1) is 5.41 Å². The van der Waals surface area contributed by atoms with E-state index in [0.29, 0.717) is 13.1 Å². The third-order valence-corrected chi connectivity index (χ3v) is 3.10. The first-order valence-electron chi connectivity index (χ1n) is 5.88. The molecule has 100 valence electrons. The van der Waals surface area contributed by atoms with Crippen molar-refractivity contribution < 1.29 is 17.9 Å². The van der Waals surface area contributed by atoms with Crippen LogP contribution in [0.15, 0.2) is 30.3 Å². The van der Waals surface area contributed by atoms with Gasteiger partial charge in [-0.25, -0.2) is 0 Å². The first-order chi connectivity index (χ1) is 8.49. The summed E-state index contributed by atoms with van der Waals surface area (Å²) in [4.78, 5) is 0. The molecule has 1 fully saturated rings. The van der Waals surface area contributed by atoms with Crippen LogP contribution in [0.3, 0.4) is 0 Å². The number of hydrogen-bond donors (Lipinski definition) is 1. The number of benzene rings is 1. The maximum Gasteiger partial charge on any atom is 0.411 e. The summed E-state index contributed by atoms with van der Waals surface area (Å²) >= 11 is 0. The SMILES string of the molecule is FC(F)(F)COCC1(Cc2ccccc2)CNC1. The first kappa shape index (κ1) is 13.4. The summed E-state index contributed by atoms with van der Waals surface area (Å²) < 4.78 is 40.9. The van der Waals surface area contributed by atoms with Gasteiger partial charge < -0.3 is 10.1 Å². The second-order valence-electron chi connectivity index (χ2n) is 4.87. The third kappa shape index (κ3) is 3.71. The minimum Gasteiger partial charge on any atom is -0.371 e. The molecule has 0 amide bonds. The standard InChI is InChI=1S/C13H16F3NO/c14-13(15,16)10-18-9-12(7-17-8-12)6-11-4-2-1-3-5-11/h1-5,17H,6-10H2. The Morgan fingerprint density at radius 3 is 2.33 bits per heavy atom. The van der Waals surface area contributed by atoms with Crippen molar-refractivity contribution in [3.05, 3.63) is 35.9 Å². The van der Waals surface area contributed by atoms with E-state index in [9.17, 15) is 13.2 Å². The van der Waals surface area contributed by atoms with Crippen LogP contribution in [0.1, 0.15) is 5.56 Å². The molecule has 0 atom stereocenters. The summed E-state index contributed by atoms with van der Waals surface area (Å²) in [6, 6.07) is 9.78. The highest BCUT2D eigenvalue weighted by Gasteiger charge is 2.38. The molecule has 2 nitrogen and oxygen atoms in total. The zero-order chi connectivity index (χ0) is 13.1. The van der Waals surface area contributed by atoms with E-state index in [4.69, 9.17) is 4.74 Å². The van der Waals surface area contributed by atoms with Crippen LogP contribution in [-0.2, 0) is 11.2 Å². The molecule has 2 rings (SSSR count). The minimum atomic E-state index is -4.24. The largest absolute Gasteiger partial charge is 0.411 e. The highest BCUT2D eigenvalue weighted by atomic mass is 19.4. The lowest BCUT2D eigenvalue weighted by molar-refractivity contribution is -0.183. The number of hydrogen-bond acceptors (Lipinski definition) is 2. The van der Waals surface area contributed by atoms with Gasteiger partial charge in [0.05, 0.1) is 6.61 Å². The van der Waals surface area contributed by atoms with Crippen molar-refractivity contribution in [1.82, 2.24) is 5.32 Å². The Bertz CT molecular complexity index is 374. The number of alkyl halides is 3. The molecule has 5 heteroatoms. The average molecular weight is 259 g/mol. The van der Waals surface area contributed by atoms with Gasteiger partial charge in [-0.1, -0.05) is 30.3 Å². The van der Waals surface area contributed by atoms with Crippen molar-refractivity contribution in [2.75, 3.05) is 26.3 Å². The smallest absolute Gasteiger partial charge is 0.371 e. The highest BCUT2D eigenvalue weighted by molar-refractivity contribution is 5.18. The lowest BCUT2D eigenvalue weighted by Crippen LogP contribution is -2.57. The average Bonchev–Trinajstić information content (AvgIpc) is 2.25. The Kier molecular flexibility index (Phi) is 3.92. The van der Waals surface area contributed by atoms with Crippen molar-refractivity contribution in [3.63, 3.8) is 0 Å². The molecule has 0 aliphatic carbocycles. The molecule has 0 radical (unpaired) electrons. The summed E-state index contributed by atoms with van der Waals surface area (Å²) in [6.45, 7) is 0.400. The van der Waals surface area contributed by atoms with Crippen LogP contribution >= 0.6 is 0 Å². The second-order valence-corrected chi connectivity index (χ2v) is 4.87. The van der Waals surface area contributed by atoms with Crippen molar-refractivity contribution in [1.29, 1.82) is 0 Å². The highest BCUT2D eigenvalue weighted by Crippen LogP contribution is 2.29. The van der Waals surface area contributed by atoms with Crippen LogP contribution in [-0.4, -0.2) is 32.5 Å². The monoisotopic (exact) mass is 259 g/mol. The Hall–Kier alpha value is -1.07. The Labute approximate surface area is 104 Å². The summed E-state index contributed by atoms with van der Waals surface area (Å²) in [7, 11) is 0. The number of halogens is 3. The van der Waals surface area contributed by atoms with Gasteiger partial charge in [-0.05, 0) is 12.0 Å². The molecule has 0 unspecified atom stereocenters. The fourth-order valence-electron chi connectivity index (χ4n) is 2.17. The summed E-state index contributed by atoms with van der Waals surface area (Å²) in [5, 5.41) is 3.11. The molecule has 0 spiro atoms. The predicted molar refractivity (Wildman–Crippen MR) is 62.3 cm³/mol. The zero-order valence-corrected chi connectivity index (χ0v) is 9.96. The molecule has 0 saturated carbocycles. The van der Waals surface area contributed by atoms with Gasteiger partial charge in [0.2, 0.25) is 0 Å². The molecule has 0 bridgehead atoms.